The molecule has 1 unspecified atom stereocenters. The number of carbonyl (C=O) groups excluding carboxylic acids is 1. The van der Waals surface area contributed by atoms with Crippen LogP contribution >= 0.6 is 0 Å². The molecule has 0 saturated heterocycles. The molecule has 2 nitrogen and oxygen atoms in total. The van der Waals surface area contributed by atoms with E-state index in [1.165, 1.54) is 0 Å². The normalized spacial score (nSPS) is 12.9. The summed E-state index contributed by atoms with van der Waals surface area (Å²) in [6.07, 6.45) is 0.613. The first-order chi connectivity index (χ1) is 13.7. The molecule has 2 heteroatoms. The van der Waals surface area contributed by atoms with Gasteiger partial charge in [0.15, 0.2) is 11.9 Å². The van der Waals surface area contributed by atoms with Crippen LogP contribution < -0.4 is 0 Å². The molecule has 0 aliphatic carbocycles. The fraction of sp³-hybridized carbons (Fsp3) is 0.0385. The number of hydrogen-bond donors (Lipinski definition) is 1. The van der Waals surface area contributed by atoms with Gasteiger partial charge in [-0.25, -0.2) is 0 Å². The molecule has 4 aromatic carbocycles. The standard InChI is InChI=1S/C26H20O2/c27-19-26(28,23-14-5-2-6-15-23)25-17-8-7-16-24(25)22-13-9-12-21(18-22)20-10-3-1-4-11-20/h1-19,28H. The fourth-order valence-corrected chi connectivity index (χ4v) is 3.54. The molecular formula is C26H20O2. The van der Waals surface area contributed by atoms with Crippen molar-refractivity contribution < 1.29 is 9.90 Å². The minimum atomic E-state index is -1.71. The van der Waals surface area contributed by atoms with Gasteiger partial charge in [0.2, 0.25) is 0 Å². The highest BCUT2D eigenvalue weighted by Crippen LogP contribution is 2.36. The monoisotopic (exact) mass is 364 g/mol. The van der Waals surface area contributed by atoms with Crippen molar-refractivity contribution in [2.24, 2.45) is 0 Å². The molecule has 1 N–H and O–H groups in total. The van der Waals surface area contributed by atoms with Crippen LogP contribution in [-0.2, 0) is 10.4 Å². The Morgan fingerprint density at radius 3 is 1.89 bits per heavy atom. The quantitative estimate of drug-likeness (QED) is 0.478. The summed E-state index contributed by atoms with van der Waals surface area (Å²) in [5, 5.41) is 11.3. The second kappa shape index (κ2) is 7.63. The lowest BCUT2D eigenvalue weighted by atomic mass is 9.82. The van der Waals surface area contributed by atoms with Crippen LogP contribution in [0.3, 0.4) is 0 Å². The maximum Gasteiger partial charge on any atom is 0.171 e. The van der Waals surface area contributed by atoms with E-state index in [4.69, 9.17) is 0 Å². The summed E-state index contributed by atoms with van der Waals surface area (Å²) in [4.78, 5) is 12.0. The Bertz CT molecular complexity index is 1090. The number of hydrogen-bond acceptors (Lipinski definition) is 2. The van der Waals surface area contributed by atoms with Crippen LogP contribution in [0.5, 0.6) is 0 Å². The van der Waals surface area contributed by atoms with Crippen LogP contribution in [0.25, 0.3) is 22.3 Å². The Labute approximate surface area is 164 Å². The van der Waals surface area contributed by atoms with Gasteiger partial charge in [-0.1, -0.05) is 103 Å². The maximum absolute atomic E-state index is 12.0. The number of aliphatic hydroxyl groups is 1. The molecule has 28 heavy (non-hydrogen) atoms. The zero-order chi connectivity index (χ0) is 19.4. The molecule has 0 aliphatic rings. The maximum atomic E-state index is 12.0. The molecular weight excluding hydrogens is 344 g/mol. The van der Waals surface area contributed by atoms with Gasteiger partial charge in [0, 0.05) is 5.56 Å². The van der Waals surface area contributed by atoms with Gasteiger partial charge >= 0.3 is 0 Å². The molecule has 0 bridgehead atoms. The number of benzene rings is 4. The minimum Gasteiger partial charge on any atom is -0.373 e. The predicted octanol–water partition coefficient (Wildman–Crippen LogP) is 5.46. The average Bonchev–Trinajstić information content (AvgIpc) is 2.80. The summed E-state index contributed by atoms with van der Waals surface area (Å²) in [5.41, 5.74) is 3.41. The molecule has 0 spiro atoms. The molecule has 0 saturated carbocycles. The third kappa shape index (κ3) is 3.26. The van der Waals surface area contributed by atoms with Gasteiger partial charge in [-0.15, -0.1) is 0 Å². The van der Waals surface area contributed by atoms with Gasteiger partial charge in [-0.2, -0.15) is 0 Å². The summed E-state index contributed by atoms with van der Waals surface area (Å²) in [6, 6.07) is 34.9. The Hall–Kier alpha value is -3.49. The lowest BCUT2D eigenvalue weighted by Gasteiger charge is -2.26. The smallest absolute Gasteiger partial charge is 0.171 e. The van der Waals surface area contributed by atoms with Crippen LogP contribution in [0.15, 0.2) is 109 Å². The lowest BCUT2D eigenvalue weighted by molar-refractivity contribution is -0.121. The van der Waals surface area contributed by atoms with E-state index in [1.807, 2.05) is 72.8 Å². The molecule has 1 atom stereocenters. The van der Waals surface area contributed by atoms with Gasteiger partial charge in [0.05, 0.1) is 0 Å². The highest BCUT2D eigenvalue weighted by molar-refractivity contribution is 5.81. The van der Waals surface area contributed by atoms with E-state index >= 15 is 0 Å². The van der Waals surface area contributed by atoms with Gasteiger partial charge in [-0.3, -0.25) is 4.79 Å². The molecule has 0 aliphatic heterocycles. The van der Waals surface area contributed by atoms with Crippen LogP contribution in [0.2, 0.25) is 0 Å². The third-order valence-electron chi connectivity index (χ3n) is 5.00. The van der Waals surface area contributed by atoms with Crippen molar-refractivity contribution >= 4 is 6.29 Å². The molecule has 0 radical (unpaired) electrons. The third-order valence-corrected chi connectivity index (χ3v) is 5.00. The van der Waals surface area contributed by atoms with Crippen molar-refractivity contribution in [3.8, 4) is 22.3 Å². The first kappa shape index (κ1) is 17.9. The first-order valence-corrected chi connectivity index (χ1v) is 9.22. The largest absolute Gasteiger partial charge is 0.373 e. The zero-order valence-electron chi connectivity index (χ0n) is 15.3. The van der Waals surface area contributed by atoms with Crippen molar-refractivity contribution in [2.45, 2.75) is 5.60 Å². The fourth-order valence-electron chi connectivity index (χ4n) is 3.54. The second-order valence-electron chi connectivity index (χ2n) is 6.74. The Kier molecular flexibility index (Phi) is 4.88. The van der Waals surface area contributed by atoms with Gasteiger partial charge < -0.3 is 5.11 Å². The summed E-state index contributed by atoms with van der Waals surface area (Å²) in [7, 11) is 0. The Balaban J connectivity index is 1.87. The summed E-state index contributed by atoms with van der Waals surface area (Å²) in [5.74, 6) is 0. The number of carbonyl (C=O) groups is 1. The zero-order valence-corrected chi connectivity index (χ0v) is 15.3. The molecule has 0 aromatic heterocycles. The van der Waals surface area contributed by atoms with E-state index in [1.54, 1.807) is 12.1 Å². The van der Waals surface area contributed by atoms with Crippen molar-refractivity contribution in [2.75, 3.05) is 0 Å². The Morgan fingerprint density at radius 2 is 1.18 bits per heavy atom. The predicted molar refractivity (Wildman–Crippen MR) is 113 cm³/mol. The molecule has 0 heterocycles. The lowest BCUT2D eigenvalue weighted by Crippen LogP contribution is -2.29. The van der Waals surface area contributed by atoms with Crippen LogP contribution in [-0.4, -0.2) is 11.4 Å². The highest BCUT2D eigenvalue weighted by atomic mass is 16.3. The van der Waals surface area contributed by atoms with Crippen LogP contribution in [0.1, 0.15) is 11.1 Å². The van der Waals surface area contributed by atoms with Gasteiger partial charge in [0.1, 0.15) is 0 Å². The summed E-state index contributed by atoms with van der Waals surface area (Å²) in [6.45, 7) is 0. The van der Waals surface area contributed by atoms with E-state index in [9.17, 15) is 9.90 Å². The number of rotatable bonds is 5. The summed E-state index contributed by atoms with van der Waals surface area (Å²) < 4.78 is 0. The van der Waals surface area contributed by atoms with Gasteiger partial charge in [0.25, 0.3) is 0 Å². The van der Waals surface area contributed by atoms with E-state index in [0.29, 0.717) is 17.4 Å². The van der Waals surface area contributed by atoms with Crippen LogP contribution in [0, 0.1) is 0 Å². The van der Waals surface area contributed by atoms with Crippen molar-refractivity contribution in [3.05, 3.63) is 120 Å². The van der Waals surface area contributed by atoms with Crippen LogP contribution in [0.4, 0.5) is 0 Å². The van der Waals surface area contributed by atoms with Gasteiger partial charge in [-0.05, 0) is 33.9 Å². The highest BCUT2D eigenvalue weighted by Gasteiger charge is 2.33. The average molecular weight is 364 g/mol. The molecule has 4 rings (SSSR count). The van der Waals surface area contributed by atoms with E-state index in [0.717, 1.165) is 22.3 Å². The Morgan fingerprint density at radius 1 is 0.607 bits per heavy atom. The van der Waals surface area contributed by atoms with Crippen molar-refractivity contribution in [1.29, 1.82) is 0 Å². The van der Waals surface area contributed by atoms with Crippen molar-refractivity contribution in [1.82, 2.24) is 0 Å². The van der Waals surface area contributed by atoms with E-state index < -0.39 is 5.60 Å². The van der Waals surface area contributed by atoms with E-state index in [-0.39, 0.29) is 0 Å². The first-order valence-electron chi connectivity index (χ1n) is 9.22. The molecule has 0 fully saturated rings. The second-order valence-corrected chi connectivity index (χ2v) is 6.74. The molecule has 4 aromatic rings. The van der Waals surface area contributed by atoms with E-state index in [2.05, 4.69) is 24.3 Å². The molecule has 0 amide bonds. The minimum absolute atomic E-state index is 0.552. The SMILES string of the molecule is O=CC(O)(c1ccccc1)c1ccccc1-c1cccc(-c2ccccc2)c1. The topological polar surface area (TPSA) is 37.3 Å². The molecule has 136 valence electrons. The number of aldehydes is 1. The summed E-state index contributed by atoms with van der Waals surface area (Å²) >= 11 is 0. The van der Waals surface area contributed by atoms with Crippen molar-refractivity contribution in [3.63, 3.8) is 0 Å².